The largest absolute Gasteiger partial charge is 0.366 e. The van der Waals surface area contributed by atoms with Crippen LogP contribution in [-0.2, 0) is 13.1 Å². The van der Waals surface area contributed by atoms with Crippen molar-refractivity contribution in [2.45, 2.75) is 39.8 Å². The summed E-state index contributed by atoms with van der Waals surface area (Å²) >= 11 is 0. The van der Waals surface area contributed by atoms with Gasteiger partial charge in [0.25, 0.3) is 5.56 Å². The zero-order chi connectivity index (χ0) is 15.4. The van der Waals surface area contributed by atoms with E-state index >= 15 is 0 Å². The zero-order valence-electron chi connectivity index (χ0n) is 12.4. The number of aromatic amines is 1. The molecule has 0 amide bonds. The molecular weight excluding hydrogens is 270 g/mol. The van der Waals surface area contributed by atoms with Crippen molar-refractivity contribution in [2.75, 3.05) is 5.32 Å². The van der Waals surface area contributed by atoms with Crippen LogP contribution in [0.1, 0.15) is 37.9 Å². The smallest absolute Gasteiger partial charge is 0.328 e. The molecule has 0 saturated heterocycles. The number of aromatic nitrogens is 4. The number of nitrogens with zero attached hydrogens (tertiary/aromatic N) is 3. The molecule has 2 rings (SSSR count). The first-order valence-corrected chi connectivity index (χ1v) is 6.89. The minimum absolute atomic E-state index is 0.296. The first-order chi connectivity index (χ1) is 10.0. The topological polar surface area (TPSA) is 92.7 Å². The molecule has 0 bridgehead atoms. The van der Waals surface area contributed by atoms with Crippen LogP contribution in [0.25, 0.3) is 0 Å². The van der Waals surface area contributed by atoms with Crippen LogP contribution >= 0.6 is 0 Å². The summed E-state index contributed by atoms with van der Waals surface area (Å²) in [6, 6.07) is 1.86. The lowest BCUT2D eigenvalue weighted by Crippen LogP contribution is -2.32. The fraction of sp³-hybridized carbons (Fsp3) is 0.429. The maximum absolute atomic E-state index is 11.8. The predicted octanol–water partition coefficient (Wildman–Crippen LogP) is 1.08. The van der Waals surface area contributed by atoms with Gasteiger partial charge in [0.05, 0.1) is 5.56 Å². The van der Waals surface area contributed by atoms with E-state index in [2.05, 4.69) is 20.3 Å². The lowest BCUT2D eigenvalue weighted by Gasteiger charge is -2.09. The summed E-state index contributed by atoms with van der Waals surface area (Å²) < 4.78 is 1.46. The average molecular weight is 289 g/mol. The number of H-pyrrole nitrogens is 1. The molecule has 7 nitrogen and oxygen atoms in total. The van der Waals surface area contributed by atoms with Gasteiger partial charge in [0.1, 0.15) is 12.1 Å². The first-order valence-electron chi connectivity index (χ1n) is 6.89. The fourth-order valence-electron chi connectivity index (χ4n) is 1.89. The molecule has 0 aromatic carbocycles. The highest BCUT2D eigenvalue weighted by Crippen LogP contribution is 2.13. The average Bonchev–Trinajstić information content (AvgIpc) is 2.46. The Morgan fingerprint density at radius 3 is 2.76 bits per heavy atom. The number of anilines is 1. The van der Waals surface area contributed by atoms with E-state index in [4.69, 9.17) is 0 Å². The van der Waals surface area contributed by atoms with E-state index in [1.165, 1.54) is 10.9 Å². The molecule has 0 aliphatic rings. The third-order valence-corrected chi connectivity index (χ3v) is 3.17. The molecule has 0 saturated carbocycles. The summed E-state index contributed by atoms with van der Waals surface area (Å²) in [5.74, 6) is 0.960. The maximum Gasteiger partial charge on any atom is 0.328 e. The molecule has 2 aromatic rings. The fourth-order valence-corrected chi connectivity index (χ4v) is 1.89. The minimum atomic E-state index is -0.393. The second-order valence-electron chi connectivity index (χ2n) is 5.04. The van der Waals surface area contributed by atoms with Gasteiger partial charge in [-0.05, 0) is 12.8 Å². The summed E-state index contributed by atoms with van der Waals surface area (Å²) in [7, 11) is 0. The molecule has 0 fully saturated rings. The lowest BCUT2D eigenvalue weighted by molar-refractivity contribution is 0.683. The Hall–Kier alpha value is -2.44. The predicted molar refractivity (Wildman–Crippen MR) is 80.4 cm³/mol. The van der Waals surface area contributed by atoms with E-state index in [1.807, 2.05) is 26.8 Å². The van der Waals surface area contributed by atoms with Crippen molar-refractivity contribution >= 4 is 5.82 Å². The van der Waals surface area contributed by atoms with Gasteiger partial charge >= 0.3 is 5.69 Å². The van der Waals surface area contributed by atoms with Crippen molar-refractivity contribution in [3.05, 3.63) is 50.7 Å². The number of rotatable bonds is 5. The molecule has 112 valence electrons. The second-order valence-corrected chi connectivity index (χ2v) is 5.04. The quantitative estimate of drug-likeness (QED) is 0.859. The van der Waals surface area contributed by atoms with E-state index < -0.39 is 5.69 Å². The standard InChI is InChI=1S/C14H19N5O2/c1-4-19-7-10(13(20)18-14(19)21)6-15-12-5-11(9(2)3)16-8-17-12/h5,7-9H,4,6H2,1-3H3,(H,15,16,17)(H,18,20,21). The van der Waals surface area contributed by atoms with Gasteiger partial charge in [0.2, 0.25) is 0 Å². The van der Waals surface area contributed by atoms with Crippen LogP contribution in [0.3, 0.4) is 0 Å². The van der Waals surface area contributed by atoms with Crippen molar-refractivity contribution in [1.82, 2.24) is 19.5 Å². The summed E-state index contributed by atoms with van der Waals surface area (Å²) in [6.07, 6.45) is 3.06. The number of nitrogens with one attached hydrogen (secondary N) is 2. The van der Waals surface area contributed by atoms with Crippen molar-refractivity contribution < 1.29 is 0 Å². The van der Waals surface area contributed by atoms with Crippen molar-refractivity contribution in [3.63, 3.8) is 0 Å². The molecule has 0 unspecified atom stereocenters. The van der Waals surface area contributed by atoms with Gasteiger partial charge in [-0.2, -0.15) is 0 Å². The molecule has 21 heavy (non-hydrogen) atoms. The molecule has 2 N–H and O–H groups in total. The summed E-state index contributed by atoms with van der Waals surface area (Å²) in [6.45, 7) is 6.75. The number of hydrogen-bond acceptors (Lipinski definition) is 5. The van der Waals surface area contributed by atoms with Crippen molar-refractivity contribution in [1.29, 1.82) is 0 Å². The molecule has 0 radical (unpaired) electrons. The molecule has 0 aliphatic heterocycles. The van der Waals surface area contributed by atoms with Gasteiger partial charge in [-0.15, -0.1) is 0 Å². The molecule has 0 aliphatic carbocycles. The Morgan fingerprint density at radius 1 is 1.33 bits per heavy atom. The number of hydrogen-bond donors (Lipinski definition) is 2. The third kappa shape index (κ3) is 3.56. The van der Waals surface area contributed by atoms with Crippen LogP contribution in [0.15, 0.2) is 28.2 Å². The van der Waals surface area contributed by atoms with E-state index in [0.717, 1.165) is 5.69 Å². The molecule has 2 heterocycles. The maximum atomic E-state index is 11.8. The van der Waals surface area contributed by atoms with Crippen LogP contribution in [0.2, 0.25) is 0 Å². The van der Waals surface area contributed by atoms with Gasteiger partial charge in [-0.1, -0.05) is 13.8 Å². The Morgan fingerprint density at radius 2 is 2.10 bits per heavy atom. The van der Waals surface area contributed by atoms with Gasteiger partial charge in [0.15, 0.2) is 0 Å². The summed E-state index contributed by atoms with van der Waals surface area (Å²) in [4.78, 5) is 33.9. The van der Waals surface area contributed by atoms with Crippen LogP contribution in [0.4, 0.5) is 5.82 Å². The highest BCUT2D eigenvalue weighted by Gasteiger charge is 2.06. The van der Waals surface area contributed by atoms with E-state index in [1.54, 1.807) is 6.20 Å². The van der Waals surface area contributed by atoms with E-state index in [-0.39, 0.29) is 5.56 Å². The summed E-state index contributed by atoms with van der Waals surface area (Å²) in [5.41, 5.74) is 0.645. The summed E-state index contributed by atoms with van der Waals surface area (Å²) in [5, 5.41) is 3.08. The number of aryl methyl sites for hydroxylation is 1. The third-order valence-electron chi connectivity index (χ3n) is 3.17. The van der Waals surface area contributed by atoms with Gasteiger partial charge in [-0.25, -0.2) is 14.8 Å². The van der Waals surface area contributed by atoms with E-state index in [9.17, 15) is 9.59 Å². The minimum Gasteiger partial charge on any atom is -0.366 e. The monoisotopic (exact) mass is 289 g/mol. The lowest BCUT2D eigenvalue weighted by atomic mass is 10.1. The SMILES string of the molecule is CCn1cc(CNc2cc(C(C)C)ncn2)c(=O)[nH]c1=O. The molecular formula is C14H19N5O2. The highest BCUT2D eigenvalue weighted by atomic mass is 16.2. The Bertz CT molecular complexity index is 733. The van der Waals surface area contributed by atoms with Crippen LogP contribution in [0.5, 0.6) is 0 Å². The van der Waals surface area contributed by atoms with Crippen molar-refractivity contribution in [2.24, 2.45) is 0 Å². The first kappa shape index (κ1) is 15.0. The molecule has 2 aromatic heterocycles. The molecule has 0 spiro atoms. The molecule has 0 atom stereocenters. The van der Waals surface area contributed by atoms with Gasteiger partial charge in [-0.3, -0.25) is 9.78 Å². The van der Waals surface area contributed by atoms with Gasteiger partial charge < -0.3 is 9.88 Å². The normalized spacial score (nSPS) is 10.9. The van der Waals surface area contributed by atoms with Crippen LogP contribution in [-0.4, -0.2) is 19.5 Å². The van der Waals surface area contributed by atoms with E-state index in [0.29, 0.717) is 30.4 Å². The van der Waals surface area contributed by atoms with Crippen LogP contribution in [0, 0.1) is 0 Å². The zero-order valence-corrected chi connectivity index (χ0v) is 12.4. The van der Waals surface area contributed by atoms with Crippen molar-refractivity contribution in [3.8, 4) is 0 Å². The Kier molecular flexibility index (Phi) is 4.52. The van der Waals surface area contributed by atoms with Gasteiger partial charge in [0, 0.05) is 31.0 Å². The Labute approximate surface area is 122 Å². The molecule has 7 heteroatoms. The van der Waals surface area contributed by atoms with Crippen LogP contribution < -0.4 is 16.6 Å². The Balaban J connectivity index is 2.18. The highest BCUT2D eigenvalue weighted by molar-refractivity contribution is 5.36. The second kappa shape index (κ2) is 6.34.